The summed E-state index contributed by atoms with van der Waals surface area (Å²) in [6.07, 6.45) is 13.4. The van der Waals surface area contributed by atoms with E-state index in [1.165, 1.54) is 11.1 Å². The second-order valence-electron chi connectivity index (χ2n) is 32.4. The van der Waals surface area contributed by atoms with E-state index >= 15 is 0 Å². The zero-order valence-corrected chi connectivity index (χ0v) is 49.3. The van der Waals surface area contributed by atoms with Crippen molar-refractivity contribution in [3.05, 3.63) is 130 Å². The van der Waals surface area contributed by atoms with E-state index in [2.05, 4.69) is 96.8 Å². The molecule has 408 valence electrons. The fourth-order valence-electron chi connectivity index (χ4n) is 29.7. The van der Waals surface area contributed by atoms with Gasteiger partial charge in [-0.3, -0.25) is 4.90 Å². The van der Waals surface area contributed by atoms with Crippen LogP contribution in [0, 0.1) is 34.0 Å². The van der Waals surface area contributed by atoms with E-state index in [1.807, 2.05) is 12.2 Å². The molecule has 2 unspecified atom stereocenters. The lowest BCUT2D eigenvalue weighted by molar-refractivity contribution is 0.218. The highest BCUT2D eigenvalue weighted by Gasteiger charge is 2.76. The van der Waals surface area contributed by atoms with Gasteiger partial charge in [-0.1, -0.05) is 79.8 Å². The molecule has 1 fully saturated rings. The van der Waals surface area contributed by atoms with Crippen molar-refractivity contribution >= 4 is 296 Å². The van der Waals surface area contributed by atoms with Gasteiger partial charge in [-0.25, -0.2) is 0 Å². The predicted octanol–water partition coefficient (Wildman–Crippen LogP) is 22.4. The second-order valence-corrected chi connectivity index (χ2v) is 32.4. The molecule has 30 aromatic rings. The van der Waals surface area contributed by atoms with E-state index in [9.17, 15) is 10.5 Å². The number of benzene rings is 20. The van der Waals surface area contributed by atoms with Crippen LogP contribution in [-0.4, -0.2) is 18.1 Å². The highest BCUT2D eigenvalue weighted by Crippen LogP contribution is 2.87. The van der Waals surface area contributed by atoms with Crippen LogP contribution >= 0.6 is 0 Å². The third kappa shape index (κ3) is 2.56. The number of hydrogen-bond acceptors (Lipinski definition) is 4. The molecule has 7 aliphatic rings. The molecule has 2 atom stereocenters. The first kappa shape index (κ1) is 39.8. The van der Waals surface area contributed by atoms with E-state index in [1.54, 1.807) is 313 Å². The van der Waals surface area contributed by atoms with Crippen LogP contribution in [0.3, 0.4) is 0 Å². The fraction of sp³-hybridized carbons (Fsp3) is 0.111. The number of likely N-dealkylation sites (tertiary alicyclic amines) is 1. The SMILES string of the molecule is CCCOc1ccc(CN2CC34c5c6c7c8c9c%10c(c%11c%12c3c3c5c5c%13c6c6c7c7c9c9c%14c%10c%10c%11c%11c%12c%12c3c3c5c5c%13c%13c6c6c7c9c7c9c%14c%10c%10c%11c%11c%12c3c3c5c5c%13c6c7c6c9c%10c%11c3c56)C84C2c2ccc(C3=CC4=CC=CC=CC4C3(C#N)C#N)cc2)cc1. The molecule has 4 nitrogen and oxygen atoms in total. The van der Waals surface area contributed by atoms with Gasteiger partial charge in [0.25, 0.3) is 0 Å². The van der Waals surface area contributed by atoms with Crippen molar-refractivity contribution in [2.45, 2.75) is 36.8 Å². The lowest BCUT2D eigenvalue weighted by Gasteiger charge is -2.52. The minimum atomic E-state index is -1.36. The summed E-state index contributed by atoms with van der Waals surface area (Å²) < 4.78 is 6.36. The quantitative estimate of drug-likeness (QED) is 0.149. The third-order valence-electron chi connectivity index (χ3n) is 30.8. The molecule has 4 heteroatoms. The molecule has 1 aliphatic heterocycles. The van der Waals surface area contributed by atoms with Crippen molar-refractivity contribution in [1.29, 1.82) is 10.5 Å². The summed E-state index contributed by atoms with van der Waals surface area (Å²) in [4.78, 5) is 3.05. The molecular weight excluding hydrogens is 1140 g/mol. The van der Waals surface area contributed by atoms with Crippen molar-refractivity contribution in [2.75, 3.05) is 13.2 Å². The average Bonchev–Trinajstić information content (AvgIpc) is 1.38. The minimum absolute atomic E-state index is 0.107. The molecular formula is C90H27N3O. The Labute approximate surface area is 522 Å². The largest absolute Gasteiger partial charge is 0.494 e. The maximum Gasteiger partial charge on any atom is 0.179 e. The van der Waals surface area contributed by atoms with Gasteiger partial charge in [-0.2, -0.15) is 10.5 Å². The number of ether oxygens (including phenoxy) is 1. The number of nitriles is 2. The van der Waals surface area contributed by atoms with E-state index < -0.39 is 16.2 Å². The number of rotatable bonds is 7. The maximum absolute atomic E-state index is 11.3. The Balaban J connectivity index is 0.850. The smallest absolute Gasteiger partial charge is 0.179 e. The van der Waals surface area contributed by atoms with Crippen LogP contribution in [0.15, 0.2) is 90.6 Å². The first-order valence-corrected chi connectivity index (χ1v) is 34.6. The van der Waals surface area contributed by atoms with E-state index in [-0.39, 0.29) is 12.0 Å². The van der Waals surface area contributed by atoms with Crippen molar-refractivity contribution < 1.29 is 4.74 Å². The molecule has 1 saturated heterocycles. The molecule has 30 aromatic carbocycles. The van der Waals surface area contributed by atoms with Crippen LogP contribution in [0.4, 0.5) is 0 Å². The fourth-order valence-corrected chi connectivity index (χ4v) is 29.7. The Morgan fingerprint density at radius 2 is 0.745 bits per heavy atom. The summed E-state index contributed by atoms with van der Waals surface area (Å²) in [5.41, 5.74) is 9.73. The molecule has 0 aromatic heterocycles. The Bertz CT molecular complexity index is 8670. The zero-order chi connectivity index (χ0) is 58.0. The zero-order valence-electron chi connectivity index (χ0n) is 49.3. The van der Waals surface area contributed by atoms with E-state index in [4.69, 9.17) is 4.74 Å². The molecule has 6 aliphatic carbocycles. The van der Waals surface area contributed by atoms with Gasteiger partial charge in [-0.15, -0.1) is 0 Å². The molecule has 1 heterocycles. The van der Waals surface area contributed by atoms with Crippen molar-refractivity contribution in [3.8, 4) is 17.9 Å². The molecule has 0 radical (unpaired) electrons. The first-order valence-electron chi connectivity index (χ1n) is 34.6. The van der Waals surface area contributed by atoms with E-state index in [0.29, 0.717) is 6.61 Å². The monoisotopic (exact) mass is 1170 g/mol. The summed E-state index contributed by atoms with van der Waals surface area (Å²) >= 11 is 0. The highest BCUT2D eigenvalue weighted by atomic mass is 16.5. The summed E-state index contributed by atoms with van der Waals surface area (Å²) in [5, 5.41) is 110. The Kier molecular flexibility index (Phi) is 4.29. The van der Waals surface area contributed by atoms with Gasteiger partial charge in [-0.05, 0) is 360 Å². The van der Waals surface area contributed by atoms with Gasteiger partial charge >= 0.3 is 0 Å². The van der Waals surface area contributed by atoms with Crippen molar-refractivity contribution in [3.63, 3.8) is 0 Å². The topological polar surface area (TPSA) is 60.0 Å². The van der Waals surface area contributed by atoms with Crippen LogP contribution in [-0.2, 0) is 17.4 Å². The van der Waals surface area contributed by atoms with Gasteiger partial charge in [0.2, 0.25) is 0 Å². The summed E-state index contributed by atoms with van der Waals surface area (Å²) in [5.74, 6) is 0.586. The van der Waals surface area contributed by atoms with Crippen LogP contribution < -0.4 is 4.74 Å². The summed E-state index contributed by atoms with van der Waals surface area (Å²) in [6, 6.07) is 24.1. The Morgan fingerprint density at radius 1 is 0.404 bits per heavy atom. The Morgan fingerprint density at radius 3 is 1.09 bits per heavy atom. The minimum Gasteiger partial charge on any atom is -0.494 e. The van der Waals surface area contributed by atoms with Gasteiger partial charge in [0, 0.05) is 19.0 Å². The summed E-state index contributed by atoms with van der Waals surface area (Å²) in [7, 11) is 0. The molecule has 0 N–H and O–H groups in total. The summed E-state index contributed by atoms with van der Waals surface area (Å²) in [6.45, 7) is 4.56. The normalized spacial score (nSPS) is 23.2. The number of fused-ring (bicyclic) bond motifs is 1. The molecule has 0 bridgehead atoms. The van der Waals surface area contributed by atoms with Crippen LogP contribution in [0.2, 0.25) is 0 Å². The van der Waals surface area contributed by atoms with Crippen LogP contribution in [0.1, 0.15) is 58.3 Å². The number of nitrogens with zero attached hydrogens (tertiary/aromatic N) is 3. The van der Waals surface area contributed by atoms with Gasteiger partial charge in [0.15, 0.2) is 5.41 Å². The van der Waals surface area contributed by atoms with Gasteiger partial charge in [0.05, 0.1) is 35.6 Å². The highest BCUT2D eigenvalue weighted by molar-refractivity contribution is 6.82. The predicted molar refractivity (Wildman–Crippen MR) is 387 cm³/mol. The second kappa shape index (κ2) is 10.1. The Hall–Kier alpha value is -11.4. The molecule has 37 rings (SSSR count). The maximum atomic E-state index is 11.3. The van der Waals surface area contributed by atoms with E-state index in [0.717, 1.165) is 42.0 Å². The molecule has 94 heavy (non-hydrogen) atoms. The van der Waals surface area contributed by atoms with Gasteiger partial charge < -0.3 is 4.74 Å². The lowest BCUT2D eigenvalue weighted by Crippen LogP contribution is -2.51. The van der Waals surface area contributed by atoms with Crippen molar-refractivity contribution in [2.24, 2.45) is 11.3 Å². The van der Waals surface area contributed by atoms with Crippen molar-refractivity contribution in [1.82, 2.24) is 4.90 Å². The van der Waals surface area contributed by atoms with Crippen LogP contribution in [0.5, 0.6) is 5.75 Å². The molecule has 2 spiro atoms. The first-order chi connectivity index (χ1) is 46.7. The molecule has 0 saturated carbocycles. The third-order valence-corrected chi connectivity index (χ3v) is 30.8. The molecule has 0 amide bonds. The number of allylic oxidation sites excluding steroid dienone is 8. The van der Waals surface area contributed by atoms with Crippen LogP contribution in [0.25, 0.3) is 296 Å². The lowest BCUT2D eigenvalue weighted by atomic mass is 9.47. The number of hydrogen-bond donors (Lipinski definition) is 0. The van der Waals surface area contributed by atoms with Gasteiger partial charge in [0.1, 0.15) is 5.75 Å². The standard InChI is InChI=1S/C90H27N3O/c1-2-16-94-26-14-8-22(9-15-26)18-93-21-89-83-75-67-57-47-39-31-29-30-33-37-35(31)43-51-45(37)55-49-41(33)42-34(30)38-36-32(29)40(39)48-54-44(36)52-46(38)56-50(42)60-59(49)71-65(55)73-63(51)69(61(67)53(43)47)77(83)79(73)85-81(71)82-72(60)66(56)74-64(52)70-62(54)68(58(48)57)76(75)84(89)78(70)80(74)86(82)90(85,89)87(93)24-12-10-23(11-13-24)28-17-25-6-4-3-5-7-27(25)88(28,19-91)20-92/h3-15,17,27,87H,2,16,18,21H2,1H3. The average molecular weight is 1170 g/mol.